The van der Waals surface area contributed by atoms with Gasteiger partial charge in [0.25, 0.3) is 5.91 Å². The summed E-state index contributed by atoms with van der Waals surface area (Å²) in [5.41, 5.74) is 1.15. The summed E-state index contributed by atoms with van der Waals surface area (Å²) in [6.45, 7) is 7.14. The molecule has 8 nitrogen and oxygen atoms in total. The van der Waals surface area contributed by atoms with Gasteiger partial charge in [-0.2, -0.15) is 0 Å². The zero-order chi connectivity index (χ0) is 22.2. The van der Waals surface area contributed by atoms with Gasteiger partial charge in [0, 0.05) is 24.3 Å². The molecule has 0 spiro atoms. The number of hydrogen-bond donors (Lipinski definition) is 3. The lowest BCUT2D eigenvalue weighted by Gasteiger charge is -2.09. The van der Waals surface area contributed by atoms with Crippen LogP contribution in [0.25, 0.3) is 0 Å². The van der Waals surface area contributed by atoms with E-state index < -0.39 is 26.0 Å². The Morgan fingerprint density at radius 3 is 2.17 bits per heavy atom. The van der Waals surface area contributed by atoms with Gasteiger partial charge in [-0.1, -0.05) is 30.4 Å². The minimum atomic E-state index is -3.75. The van der Waals surface area contributed by atoms with Crippen LogP contribution in [0, 0.1) is 0 Å². The van der Waals surface area contributed by atoms with E-state index in [9.17, 15) is 21.6 Å². The van der Waals surface area contributed by atoms with Gasteiger partial charge >= 0.3 is 0 Å². The Morgan fingerprint density at radius 1 is 0.900 bits per heavy atom. The smallest absolute Gasteiger partial charge is 0.255 e. The molecule has 0 radical (unpaired) electrons. The molecule has 0 bridgehead atoms. The van der Waals surface area contributed by atoms with Crippen molar-refractivity contribution in [3.05, 3.63) is 85.0 Å². The Balaban J connectivity index is 2.09. The summed E-state index contributed by atoms with van der Waals surface area (Å²) >= 11 is 0. The molecule has 2 aromatic carbocycles. The molecule has 0 atom stereocenters. The summed E-state index contributed by atoms with van der Waals surface area (Å²) in [6.07, 6.45) is 2.87. The molecule has 160 valence electrons. The van der Waals surface area contributed by atoms with E-state index in [-0.39, 0.29) is 29.3 Å². The fraction of sp³-hybridized carbons (Fsp3) is 0.150. The molecule has 1 amide bonds. The molecule has 0 aliphatic carbocycles. The van der Waals surface area contributed by atoms with Crippen molar-refractivity contribution in [1.29, 1.82) is 0 Å². The first-order chi connectivity index (χ1) is 14.2. The molecular weight excluding hydrogens is 426 g/mol. The molecule has 0 aliphatic heterocycles. The van der Waals surface area contributed by atoms with Crippen LogP contribution < -0.4 is 14.8 Å². The van der Waals surface area contributed by atoms with Gasteiger partial charge in [0.2, 0.25) is 20.0 Å². The normalized spacial score (nSPS) is 11.6. The van der Waals surface area contributed by atoms with Crippen LogP contribution in [0.1, 0.15) is 15.9 Å². The average Bonchev–Trinajstić information content (AvgIpc) is 2.72. The molecular formula is C20H23N3O5S2. The molecule has 30 heavy (non-hydrogen) atoms. The largest absolute Gasteiger partial charge is 0.322 e. The predicted octanol–water partition coefficient (Wildman–Crippen LogP) is 2.01. The van der Waals surface area contributed by atoms with Crippen molar-refractivity contribution in [2.24, 2.45) is 0 Å². The van der Waals surface area contributed by atoms with Gasteiger partial charge < -0.3 is 5.32 Å². The Bertz CT molecular complexity index is 1130. The second kappa shape index (κ2) is 10.3. The summed E-state index contributed by atoms with van der Waals surface area (Å²) in [5.74, 6) is -0.698. The number of sulfonamides is 2. The number of hydrogen-bond acceptors (Lipinski definition) is 5. The summed E-state index contributed by atoms with van der Waals surface area (Å²) in [4.78, 5) is 12.4. The third-order valence-electron chi connectivity index (χ3n) is 3.84. The standard InChI is InChI=1S/C20H23N3O5S2/c1-3-12-21-29(25,26)15-16-8-10-18(11-9-16)23-20(24)17-6-5-7-19(14-17)30(27,28)22-13-4-2/h3-11,14,21-22H,1-2,12-13,15H2,(H,23,24). The fourth-order valence-corrected chi connectivity index (χ4v) is 4.55. The summed E-state index contributed by atoms with van der Waals surface area (Å²) in [7, 11) is -7.23. The minimum absolute atomic E-state index is 0.0374. The van der Waals surface area contributed by atoms with Crippen molar-refractivity contribution in [2.75, 3.05) is 18.4 Å². The van der Waals surface area contributed by atoms with Crippen LogP contribution in [0.15, 0.2) is 78.7 Å². The lowest BCUT2D eigenvalue weighted by Crippen LogP contribution is -2.25. The van der Waals surface area contributed by atoms with E-state index in [4.69, 9.17) is 0 Å². The number of carbonyl (C=O) groups excluding carboxylic acids is 1. The number of nitrogens with one attached hydrogen (secondary N) is 3. The maximum absolute atomic E-state index is 12.5. The van der Waals surface area contributed by atoms with Crippen LogP contribution >= 0.6 is 0 Å². The van der Waals surface area contributed by atoms with Crippen molar-refractivity contribution in [1.82, 2.24) is 9.44 Å². The maximum Gasteiger partial charge on any atom is 0.255 e. The van der Waals surface area contributed by atoms with E-state index >= 15 is 0 Å². The molecule has 0 saturated carbocycles. The van der Waals surface area contributed by atoms with Crippen LogP contribution in [0.3, 0.4) is 0 Å². The predicted molar refractivity (Wildman–Crippen MR) is 117 cm³/mol. The molecule has 0 saturated heterocycles. The van der Waals surface area contributed by atoms with Gasteiger partial charge in [0.1, 0.15) is 0 Å². The van der Waals surface area contributed by atoms with Gasteiger partial charge in [-0.25, -0.2) is 26.3 Å². The highest BCUT2D eigenvalue weighted by Gasteiger charge is 2.16. The monoisotopic (exact) mass is 449 g/mol. The van der Waals surface area contributed by atoms with Crippen LogP contribution in [0.2, 0.25) is 0 Å². The summed E-state index contributed by atoms with van der Waals surface area (Å²) in [6, 6.07) is 11.9. The van der Waals surface area contributed by atoms with Gasteiger partial charge in [-0.15, -0.1) is 13.2 Å². The van der Waals surface area contributed by atoms with Crippen LogP contribution in [-0.2, 0) is 25.8 Å². The Hall–Kier alpha value is -2.79. The third kappa shape index (κ3) is 6.92. The highest BCUT2D eigenvalue weighted by molar-refractivity contribution is 7.89. The molecule has 2 rings (SSSR count). The molecule has 0 aromatic heterocycles. The van der Waals surface area contributed by atoms with Crippen molar-refractivity contribution >= 4 is 31.6 Å². The van der Waals surface area contributed by atoms with E-state index in [2.05, 4.69) is 27.9 Å². The third-order valence-corrected chi connectivity index (χ3v) is 6.58. The van der Waals surface area contributed by atoms with Crippen LogP contribution in [-0.4, -0.2) is 35.8 Å². The quantitative estimate of drug-likeness (QED) is 0.453. The van der Waals surface area contributed by atoms with Crippen molar-refractivity contribution < 1.29 is 21.6 Å². The zero-order valence-electron chi connectivity index (χ0n) is 16.2. The lowest BCUT2D eigenvalue weighted by molar-refractivity contribution is 0.102. The van der Waals surface area contributed by atoms with Crippen LogP contribution in [0.5, 0.6) is 0 Å². The molecule has 10 heteroatoms. The van der Waals surface area contributed by atoms with Gasteiger partial charge in [-0.05, 0) is 35.9 Å². The first-order valence-corrected chi connectivity index (χ1v) is 12.0. The van der Waals surface area contributed by atoms with E-state index in [1.807, 2.05) is 0 Å². The number of rotatable bonds is 11. The topological polar surface area (TPSA) is 121 Å². The van der Waals surface area contributed by atoms with Crippen molar-refractivity contribution in [3.63, 3.8) is 0 Å². The second-order valence-electron chi connectivity index (χ2n) is 6.22. The molecule has 0 fully saturated rings. The highest BCUT2D eigenvalue weighted by Crippen LogP contribution is 2.15. The van der Waals surface area contributed by atoms with E-state index in [1.165, 1.54) is 36.4 Å². The summed E-state index contributed by atoms with van der Waals surface area (Å²) < 4.78 is 52.9. The molecule has 0 aliphatic rings. The molecule has 0 unspecified atom stereocenters. The highest BCUT2D eigenvalue weighted by atomic mass is 32.2. The molecule has 2 aromatic rings. The molecule has 3 N–H and O–H groups in total. The molecule has 0 heterocycles. The fourth-order valence-electron chi connectivity index (χ4n) is 2.40. The second-order valence-corrected chi connectivity index (χ2v) is 9.79. The van der Waals surface area contributed by atoms with E-state index in [1.54, 1.807) is 24.3 Å². The van der Waals surface area contributed by atoms with Gasteiger partial charge in [0.05, 0.1) is 10.6 Å². The first-order valence-electron chi connectivity index (χ1n) is 8.86. The number of amides is 1. The minimum Gasteiger partial charge on any atom is -0.322 e. The number of anilines is 1. The lowest BCUT2D eigenvalue weighted by atomic mass is 10.2. The average molecular weight is 450 g/mol. The van der Waals surface area contributed by atoms with Gasteiger partial charge in [-0.3, -0.25) is 4.79 Å². The van der Waals surface area contributed by atoms with Crippen LogP contribution in [0.4, 0.5) is 5.69 Å². The van der Waals surface area contributed by atoms with E-state index in [0.29, 0.717) is 11.3 Å². The summed E-state index contributed by atoms with van der Waals surface area (Å²) in [5, 5.41) is 2.66. The Labute approximate surface area is 176 Å². The number of carbonyl (C=O) groups is 1. The van der Waals surface area contributed by atoms with Gasteiger partial charge in [0.15, 0.2) is 0 Å². The Kier molecular flexibility index (Phi) is 8.07. The maximum atomic E-state index is 12.5. The Morgan fingerprint density at radius 2 is 1.53 bits per heavy atom. The SMILES string of the molecule is C=CCNS(=O)(=O)Cc1ccc(NC(=O)c2cccc(S(=O)(=O)NCC=C)c2)cc1. The zero-order valence-corrected chi connectivity index (χ0v) is 17.8. The van der Waals surface area contributed by atoms with Crippen molar-refractivity contribution in [2.45, 2.75) is 10.6 Å². The van der Waals surface area contributed by atoms with E-state index in [0.717, 1.165) is 0 Å². The van der Waals surface area contributed by atoms with Crippen molar-refractivity contribution in [3.8, 4) is 0 Å². The number of benzene rings is 2. The first kappa shape index (κ1) is 23.5.